The van der Waals surface area contributed by atoms with Gasteiger partial charge in [-0.1, -0.05) is 84.6 Å². The second kappa shape index (κ2) is 12.3. The monoisotopic (exact) mass is 268 g/mol. The molecule has 112 valence electrons. The molecule has 0 saturated heterocycles. The van der Waals surface area contributed by atoms with Crippen LogP contribution < -0.4 is 0 Å². The molecule has 0 aromatic rings. The van der Waals surface area contributed by atoms with Crippen LogP contribution in [0.3, 0.4) is 0 Å². The van der Waals surface area contributed by atoms with Crippen LogP contribution in [-0.2, 0) is 4.79 Å². The number of carbonyl (C=O) groups is 1. The molecule has 0 aromatic heterocycles. The summed E-state index contributed by atoms with van der Waals surface area (Å²) < 4.78 is 0. The summed E-state index contributed by atoms with van der Waals surface area (Å²) in [5.74, 6) is -0.396. The zero-order chi connectivity index (χ0) is 14.5. The summed E-state index contributed by atoms with van der Waals surface area (Å²) in [7, 11) is 0. The molecule has 19 heavy (non-hydrogen) atoms. The van der Waals surface area contributed by atoms with E-state index in [0.29, 0.717) is 17.9 Å². The molecule has 2 nitrogen and oxygen atoms in total. The van der Waals surface area contributed by atoms with Crippen LogP contribution in [0.15, 0.2) is 12.2 Å². The normalized spacial score (nSPS) is 12.3. The highest BCUT2D eigenvalue weighted by molar-refractivity contribution is 5.85. The molecule has 0 aliphatic rings. The first-order chi connectivity index (χ1) is 9.07. The van der Waals surface area contributed by atoms with Gasteiger partial charge in [-0.15, -0.1) is 0 Å². The van der Waals surface area contributed by atoms with Crippen molar-refractivity contribution in [1.82, 2.24) is 0 Å². The maximum absolute atomic E-state index is 10.7. The molecule has 0 aromatic carbocycles. The molecule has 1 atom stereocenters. The van der Waals surface area contributed by atoms with Crippen molar-refractivity contribution in [2.45, 2.75) is 84.5 Å². The van der Waals surface area contributed by atoms with E-state index in [1.54, 1.807) is 0 Å². The highest BCUT2D eigenvalue weighted by Gasteiger charge is 2.09. The van der Waals surface area contributed by atoms with Gasteiger partial charge in [0.1, 0.15) is 0 Å². The van der Waals surface area contributed by atoms with Gasteiger partial charge in [-0.2, -0.15) is 0 Å². The Morgan fingerprint density at radius 3 is 1.95 bits per heavy atom. The van der Waals surface area contributed by atoms with E-state index in [1.165, 1.54) is 57.8 Å². The van der Waals surface area contributed by atoms with Crippen molar-refractivity contribution in [1.29, 1.82) is 0 Å². The fraction of sp³-hybridized carbons (Fsp3) is 0.824. The Bertz CT molecular complexity index is 246. The number of rotatable bonds is 13. The van der Waals surface area contributed by atoms with Gasteiger partial charge in [0, 0.05) is 5.57 Å². The standard InChI is InChI=1S/C17H32O2/c1-4-5-6-7-8-9-10-11-12-13-15(2)14-16(3)17(18)19/h15H,3-14H2,1-2H3,(H,18,19). The van der Waals surface area contributed by atoms with Crippen LogP contribution in [0.25, 0.3) is 0 Å². The second-order valence-electron chi connectivity index (χ2n) is 5.84. The van der Waals surface area contributed by atoms with Crippen molar-refractivity contribution < 1.29 is 9.90 Å². The van der Waals surface area contributed by atoms with Gasteiger partial charge in [-0.05, 0) is 12.3 Å². The minimum Gasteiger partial charge on any atom is -0.478 e. The highest BCUT2D eigenvalue weighted by atomic mass is 16.4. The number of unbranched alkanes of at least 4 members (excludes halogenated alkanes) is 8. The van der Waals surface area contributed by atoms with Crippen molar-refractivity contribution in [2.75, 3.05) is 0 Å². The largest absolute Gasteiger partial charge is 0.478 e. The summed E-state index contributed by atoms with van der Waals surface area (Å²) in [5.41, 5.74) is 0.350. The lowest BCUT2D eigenvalue weighted by Gasteiger charge is -2.10. The minimum absolute atomic E-state index is 0.350. The van der Waals surface area contributed by atoms with E-state index < -0.39 is 5.97 Å². The predicted octanol–water partition coefficient (Wildman–Crippen LogP) is 5.57. The highest BCUT2D eigenvalue weighted by Crippen LogP contribution is 2.18. The van der Waals surface area contributed by atoms with Gasteiger partial charge < -0.3 is 5.11 Å². The van der Waals surface area contributed by atoms with Crippen LogP contribution in [0.1, 0.15) is 84.5 Å². The van der Waals surface area contributed by atoms with Crippen molar-refractivity contribution in [2.24, 2.45) is 5.92 Å². The molecule has 0 radical (unpaired) electrons. The van der Waals surface area contributed by atoms with E-state index in [9.17, 15) is 4.79 Å². The van der Waals surface area contributed by atoms with Gasteiger partial charge in [-0.3, -0.25) is 0 Å². The van der Waals surface area contributed by atoms with Gasteiger partial charge in [-0.25, -0.2) is 4.79 Å². The predicted molar refractivity (Wildman–Crippen MR) is 82.4 cm³/mol. The van der Waals surface area contributed by atoms with Gasteiger partial charge in [0.25, 0.3) is 0 Å². The lowest BCUT2D eigenvalue weighted by Crippen LogP contribution is -2.04. The van der Waals surface area contributed by atoms with E-state index in [-0.39, 0.29) is 0 Å². The maximum Gasteiger partial charge on any atom is 0.330 e. The first-order valence-electron chi connectivity index (χ1n) is 7.99. The van der Waals surface area contributed by atoms with Crippen LogP contribution in [0.5, 0.6) is 0 Å². The van der Waals surface area contributed by atoms with Crippen molar-refractivity contribution in [3.63, 3.8) is 0 Å². The number of hydrogen-bond acceptors (Lipinski definition) is 1. The fourth-order valence-corrected chi connectivity index (χ4v) is 2.41. The average Bonchev–Trinajstić information content (AvgIpc) is 2.36. The molecule has 2 heteroatoms. The Morgan fingerprint density at radius 1 is 1.00 bits per heavy atom. The zero-order valence-corrected chi connectivity index (χ0v) is 12.9. The van der Waals surface area contributed by atoms with E-state index in [4.69, 9.17) is 5.11 Å². The summed E-state index contributed by atoms with van der Waals surface area (Å²) >= 11 is 0. The molecule has 1 unspecified atom stereocenters. The van der Waals surface area contributed by atoms with Crippen molar-refractivity contribution in [3.05, 3.63) is 12.2 Å². The molecule has 0 spiro atoms. The van der Waals surface area contributed by atoms with Crippen molar-refractivity contribution in [3.8, 4) is 0 Å². The smallest absolute Gasteiger partial charge is 0.330 e. The Kier molecular flexibility index (Phi) is 11.7. The molecule has 1 N–H and O–H groups in total. The summed E-state index contributed by atoms with van der Waals surface area (Å²) in [5, 5.41) is 8.76. The molecule has 0 fully saturated rings. The van der Waals surface area contributed by atoms with Gasteiger partial charge >= 0.3 is 5.97 Å². The molecule has 0 rings (SSSR count). The lowest BCUT2D eigenvalue weighted by molar-refractivity contribution is -0.132. The first kappa shape index (κ1) is 18.2. The van der Waals surface area contributed by atoms with Crippen LogP contribution in [0, 0.1) is 5.92 Å². The first-order valence-corrected chi connectivity index (χ1v) is 7.99. The molecule has 0 aliphatic carbocycles. The molecule has 0 saturated carbocycles. The summed E-state index contributed by atoms with van der Waals surface area (Å²) in [6.45, 7) is 7.96. The van der Waals surface area contributed by atoms with E-state index in [1.807, 2.05) is 0 Å². The lowest BCUT2D eigenvalue weighted by atomic mass is 9.95. The quantitative estimate of drug-likeness (QED) is 0.350. The van der Waals surface area contributed by atoms with Crippen LogP contribution in [0.4, 0.5) is 0 Å². The average molecular weight is 268 g/mol. The summed E-state index contributed by atoms with van der Waals surface area (Å²) in [6.07, 6.45) is 13.8. The van der Waals surface area contributed by atoms with Crippen molar-refractivity contribution >= 4 is 5.97 Å². The van der Waals surface area contributed by atoms with E-state index >= 15 is 0 Å². The minimum atomic E-state index is -0.848. The van der Waals surface area contributed by atoms with Gasteiger partial charge in [0.2, 0.25) is 0 Å². The Hall–Kier alpha value is -0.790. The number of carboxylic acids is 1. The van der Waals surface area contributed by atoms with E-state index in [0.717, 1.165) is 6.42 Å². The topological polar surface area (TPSA) is 37.3 Å². The fourth-order valence-electron chi connectivity index (χ4n) is 2.41. The zero-order valence-electron chi connectivity index (χ0n) is 12.9. The maximum atomic E-state index is 10.7. The SMILES string of the molecule is C=C(CC(C)CCCCCCCCCCC)C(=O)O. The molecule has 0 amide bonds. The Balaban J connectivity index is 3.29. The molecular weight excluding hydrogens is 236 g/mol. The van der Waals surface area contributed by atoms with Gasteiger partial charge in [0.05, 0.1) is 0 Å². The Morgan fingerprint density at radius 2 is 1.47 bits per heavy atom. The van der Waals surface area contributed by atoms with E-state index in [2.05, 4.69) is 20.4 Å². The van der Waals surface area contributed by atoms with Crippen LogP contribution in [0.2, 0.25) is 0 Å². The number of carboxylic acid groups (broad SMARTS) is 1. The third-order valence-electron chi connectivity index (χ3n) is 3.70. The Labute approximate surface area is 119 Å². The number of aliphatic carboxylic acids is 1. The second-order valence-corrected chi connectivity index (χ2v) is 5.84. The third-order valence-corrected chi connectivity index (χ3v) is 3.70. The number of hydrogen-bond donors (Lipinski definition) is 1. The summed E-state index contributed by atoms with van der Waals surface area (Å²) in [4.78, 5) is 10.7. The molecule has 0 aliphatic heterocycles. The van der Waals surface area contributed by atoms with Crippen LogP contribution in [-0.4, -0.2) is 11.1 Å². The molecular formula is C17H32O2. The summed E-state index contributed by atoms with van der Waals surface area (Å²) in [6, 6.07) is 0. The third kappa shape index (κ3) is 12.0. The molecule has 0 bridgehead atoms. The van der Waals surface area contributed by atoms with Crippen LogP contribution >= 0.6 is 0 Å². The van der Waals surface area contributed by atoms with Gasteiger partial charge in [0.15, 0.2) is 0 Å². The molecule has 0 heterocycles.